The molecule has 0 radical (unpaired) electrons. The molecule has 0 atom stereocenters. The molecule has 0 aliphatic rings. The molecule has 8 heteroatoms. The van der Waals surface area contributed by atoms with Crippen molar-refractivity contribution in [2.24, 2.45) is 0 Å². The molecule has 0 fully saturated rings. The number of hydrogen-bond donors (Lipinski definition) is 1. The SMILES string of the molecule is CCN(CC)C(=O)c1ccc(Nc2cc(C(F)(F)F)ccc2Cl)nc1. The van der Waals surface area contributed by atoms with Crippen LogP contribution in [0.15, 0.2) is 36.5 Å². The third kappa shape index (κ3) is 4.63. The van der Waals surface area contributed by atoms with Gasteiger partial charge in [-0.3, -0.25) is 4.79 Å². The number of nitrogens with zero attached hydrogens (tertiary/aromatic N) is 2. The van der Waals surface area contributed by atoms with Gasteiger partial charge in [0.15, 0.2) is 0 Å². The fraction of sp³-hybridized carbons (Fsp3) is 0.294. The van der Waals surface area contributed by atoms with Crippen LogP contribution in [0.5, 0.6) is 0 Å². The Balaban J connectivity index is 2.21. The van der Waals surface area contributed by atoms with Gasteiger partial charge in [0.1, 0.15) is 5.82 Å². The monoisotopic (exact) mass is 371 g/mol. The first-order chi connectivity index (χ1) is 11.8. The van der Waals surface area contributed by atoms with Gasteiger partial charge in [-0.2, -0.15) is 13.2 Å². The highest BCUT2D eigenvalue weighted by atomic mass is 35.5. The number of hydrogen-bond acceptors (Lipinski definition) is 3. The van der Waals surface area contributed by atoms with Gasteiger partial charge in [-0.05, 0) is 44.2 Å². The summed E-state index contributed by atoms with van der Waals surface area (Å²) < 4.78 is 38.4. The molecule has 1 amide bonds. The summed E-state index contributed by atoms with van der Waals surface area (Å²) >= 11 is 5.94. The maximum absolute atomic E-state index is 12.8. The second kappa shape index (κ2) is 7.74. The molecule has 0 spiro atoms. The molecule has 0 aliphatic heterocycles. The zero-order valence-electron chi connectivity index (χ0n) is 13.7. The van der Waals surface area contributed by atoms with Crippen molar-refractivity contribution in [3.63, 3.8) is 0 Å². The van der Waals surface area contributed by atoms with Gasteiger partial charge < -0.3 is 10.2 Å². The average Bonchev–Trinajstić information content (AvgIpc) is 2.57. The lowest BCUT2D eigenvalue weighted by atomic mass is 10.2. The van der Waals surface area contributed by atoms with Crippen molar-refractivity contribution in [1.82, 2.24) is 9.88 Å². The lowest BCUT2D eigenvalue weighted by Crippen LogP contribution is -2.30. The lowest BCUT2D eigenvalue weighted by molar-refractivity contribution is -0.137. The minimum absolute atomic E-state index is 0.0896. The Hall–Kier alpha value is -2.28. The van der Waals surface area contributed by atoms with E-state index in [0.717, 1.165) is 12.1 Å². The highest BCUT2D eigenvalue weighted by Gasteiger charge is 2.31. The first-order valence-corrected chi connectivity index (χ1v) is 8.03. The standard InChI is InChI=1S/C17H17ClF3N3O/c1-3-24(4-2)16(25)11-5-8-15(22-10-11)23-14-9-12(17(19,20)21)6-7-13(14)18/h5-10H,3-4H2,1-2H3,(H,22,23). The highest BCUT2D eigenvalue weighted by Crippen LogP contribution is 2.34. The summed E-state index contributed by atoms with van der Waals surface area (Å²) in [7, 11) is 0. The molecule has 4 nitrogen and oxygen atoms in total. The zero-order chi connectivity index (χ0) is 18.6. The smallest absolute Gasteiger partial charge is 0.339 e. The molecule has 1 aromatic carbocycles. The van der Waals surface area contributed by atoms with Crippen LogP contribution in [0.1, 0.15) is 29.8 Å². The maximum Gasteiger partial charge on any atom is 0.416 e. The Labute approximate surface area is 148 Å². The summed E-state index contributed by atoms with van der Waals surface area (Å²) in [5.41, 5.74) is -0.316. The third-order valence-electron chi connectivity index (χ3n) is 3.62. The summed E-state index contributed by atoms with van der Waals surface area (Å²) in [6, 6.07) is 6.08. The van der Waals surface area contributed by atoms with Crippen LogP contribution < -0.4 is 5.32 Å². The Bertz CT molecular complexity index is 744. The van der Waals surface area contributed by atoms with Crippen LogP contribution in [0.2, 0.25) is 5.02 Å². The number of pyridine rings is 1. The van der Waals surface area contributed by atoms with Gasteiger partial charge in [0.2, 0.25) is 0 Å². The number of amides is 1. The first kappa shape index (κ1) is 19.1. The quantitative estimate of drug-likeness (QED) is 0.806. The number of carbonyl (C=O) groups excluding carboxylic acids is 1. The molecule has 1 N–H and O–H groups in total. The summed E-state index contributed by atoms with van der Waals surface area (Å²) in [5, 5.41) is 2.88. The molecule has 134 valence electrons. The highest BCUT2D eigenvalue weighted by molar-refractivity contribution is 6.33. The van der Waals surface area contributed by atoms with Crippen molar-refractivity contribution in [2.75, 3.05) is 18.4 Å². The van der Waals surface area contributed by atoms with E-state index in [0.29, 0.717) is 18.7 Å². The number of aromatic nitrogens is 1. The van der Waals surface area contributed by atoms with Gasteiger partial charge in [0.05, 0.1) is 21.8 Å². The summed E-state index contributed by atoms with van der Waals surface area (Å²) in [5.74, 6) is 0.137. The van der Waals surface area contributed by atoms with E-state index >= 15 is 0 Å². The molecule has 1 aromatic heterocycles. The lowest BCUT2D eigenvalue weighted by Gasteiger charge is -2.18. The normalized spacial score (nSPS) is 11.3. The van der Waals surface area contributed by atoms with E-state index < -0.39 is 11.7 Å². The van der Waals surface area contributed by atoms with E-state index in [1.165, 1.54) is 18.3 Å². The van der Waals surface area contributed by atoms with E-state index in [4.69, 9.17) is 11.6 Å². The van der Waals surface area contributed by atoms with E-state index in [1.54, 1.807) is 11.0 Å². The fourth-order valence-electron chi connectivity index (χ4n) is 2.22. The number of rotatable bonds is 5. The van der Waals surface area contributed by atoms with Gasteiger partial charge >= 0.3 is 6.18 Å². The Morgan fingerprint density at radius 1 is 1.20 bits per heavy atom. The van der Waals surface area contributed by atoms with Crippen molar-refractivity contribution >= 4 is 29.0 Å². The fourth-order valence-corrected chi connectivity index (χ4v) is 2.39. The molecular formula is C17H17ClF3N3O. The number of carbonyl (C=O) groups is 1. The molecule has 0 bridgehead atoms. The largest absolute Gasteiger partial charge is 0.416 e. The molecule has 0 unspecified atom stereocenters. The van der Waals surface area contributed by atoms with E-state index in [9.17, 15) is 18.0 Å². The summed E-state index contributed by atoms with van der Waals surface area (Å²) in [6.07, 6.45) is -3.08. The minimum atomic E-state index is -4.46. The third-order valence-corrected chi connectivity index (χ3v) is 3.95. The first-order valence-electron chi connectivity index (χ1n) is 7.65. The molecule has 1 heterocycles. The van der Waals surface area contributed by atoms with Crippen molar-refractivity contribution < 1.29 is 18.0 Å². The van der Waals surface area contributed by atoms with Gasteiger partial charge in [0.25, 0.3) is 5.91 Å². The Morgan fingerprint density at radius 2 is 1.88 bits per heavy atom. The minimum Gasteiger partial charge on any atom is -0.339 e. The number of nitrogens with one attached hydrogen (secondary N) is 1. The number of halogens is 4. The molecule has 0 saturated heterocycles. The second-order valence-corrected chi connectivity index (χ2v) is 5.63. The van der Waals surface area contributed by atoms with Crippen molar-refractivity contribution in [3.8, 4) is 0 Å². The molecule has 25 heavy (non-hydrogen) atoms. The van der Waals surface area contributed by atoms with Crippen LogP contribution >= 0.6 is 11.6 Å². The van der Waals surface area contributed by atoms with Crippen LogP contribution in [-0.2, 0) is 6.18 Å². The van der Waals surface area contributed by atoms with Crippen molar-refractivity contribution in [1.29, 1.82) is 0 Å². The molecular weight excluding hydrogens is 355 g/mol. The van der Waals surface area contributed by atoms with Crippen LogP contribution in [0.25, 0.3) is 0 Å². The Morgan fingerprint density at radius 3 is 2.40 bits per heavy atom. The van der Waals surface area contributed by atoms with Crippen molar-refractivity contribution in [2.45, 2.75) is 20.0 Å². The number of alkyl halides is 3. The number of anilines is 2. The predicted molar refractivity (Wildman–Crippen MR) is 91.2 cm³/mol. The van der Waals surface area contributed by atoms with Gasteiger partial charge in [-0.1, -0.05) is 11.6 Å². The summed E-state index contributed by atoms with van der Waals surface area (Å²) in [4.78, 5) is 17.9. The van der Waals surface area contributed by atoms with Crippen LogP contribution in [-0.4, -0.2) is 28.9 Å². The average molecular weight is 372 g/mol. The van der Waals surface area contributed by atoms with Gasteiger partial charge in [-0.25, -0.2) is 4.98 Å². The van der Waals surface area contributed by atoms with Crippen LogP contribution in [0.4, 0.5) is 24.7 Å². The predicted octanol–water partition coefficient (Wildman–Crippen LogP) is 4.98. The summed E-state index contributed by atoms with van der Waals surface area (Å²) in [6.45, 7) is 4.91. The van der Waals surface area contributed by atoms with Crippen LogP contribution in [0.3, 0.4) is 0 Å². The van der Waals surface area contributed by atoms with Gasteiger partial charge in [-0.15, -0.1) is 0 Å². The topological polar surface area (TPSA) is 45.2 Å². The van der Waals surface area contributed by atoms with E-state index in [-0.39, 0.29) is 22.4 Å². The second-order valence-electron chi connectivity index (χ2n) is 5.23. The van der Waals surface area contributed by atoms with Crippen molar-refractivity contribution in [3.05, 3.63) is 52.7 Å². The van der Waals surface area contributed by atoms with Gasteiger partial charge in [0, 0.05) is 19.3 Å². The molecule has 2 aromatic rings. The molecule has 0 saturated carbocycles. The number of benzene rings is 1. The van der Waals surface area contributed by atoms with E-state index in [2.05, 4.69) is 10.3 Å². The van der Waals surface area contributed by atoms with Crippen LogP contribution in [0, 0.1) is 0 Å². The Kier molecular flexibility index (Phi) is 5.89. The maximum atomic E-state index is 12.8. The van der Waals surface area contributed by atoms with E-state index in [1.807, 2.05) is 13.8 Å². The zero-order valence-corrected chi connectivity index (χ0v) is 14.4. The molecule has 0 aliphatic carbocycles. The molecule has 2 rings (SSSR count).